The minimum Gasteiger partial charge on any atom is -0.352 e. The number of nitrogens with one attached hydrogen (secondary N) is 1. The van der Waals surface area contributed by atoms with Crippen molar-refractivity contribution in [1.29, 1.82) is 0 Å². The molecule has 0 saturated heterocycles. The molecule has 0 aliphatic carbocycles. The molecule has 208 valence electrons. The van der Waals surface area contributed by atoms with Crippen molar-refractivity contribution in [3.63, 3.8) is 0 Å². The Bertz CT molecular complexity index is 1360. The summed E-state index contributed by atoms with van der Waals surface area (Å²) < 4.78 is 26.8. The van der Waals surface area contributed by atoms with E-state index in [2.05, 4.69) is 5.32 Å². The van der Waals surface area contributed by atoms with E-state index in [0.717, 1.165) is 39.2 Å². The van der Waals surface area contributed by atoms with Gasteiger partial charge in [-0.2, -0.15) is 0 Å². The van der Waals surface area contributed by atoms with Gasteiger partial charge in [0.05, 0.1) is 11.9 Å². The first-order chi connectivity index (χ1) is 18.5. The summed E-state index contributed by atoms with van der Waals surface area (Å²) in [5.41, 5.74) is 4.17. The SMILES string of the molecule is CCC(C)NC(=O)C(Cc1ccccc1)N(Cc1cccc(C)c1)C(=O)CN(c1ccc(C)cc1)S(C)(=O)=O. The third kappa shape index (κ3) is 8.68. The highest BCUT2D eigenvalue weighted by molar-refractivity contribution is 7.92. The van der Waals surface area contributed by atoms with E-state index in [-0.39, 0.29) is 18.5 Å². The standard InChI is InChI=1S/C31H39N3O4S/c1-6-25(4)32-31(36)29(20-26-12-8-7-9-13-26)33(21-27-14-10-11-24(3)19-27)30(35)22-34(39(5,37)38)28-17-15-23(2)16-18-28/h7-19,25,29H,6,20-22H2,1-5H3,(H,32,36). The maximum Gasteiger partial charge on any atom is 0.244 e. The van der Waals surface area contributed by atoms with Gasteiger partial charge in [-0.25, -0.2) is 8.42 Å². The average molecular weight is 550 g/mol. The highest BCUT2D eigenvalue weighted by atomic mass is 32.2. The van der Waals surface area contributed by atoms with Gasteiger partial charge in [0.2, 0.25) is 21.8 Å². The number of hydrogen-bond acceptors (Lipinski definition) is 4. The van der Waals surface area contributed by atoms with Crippen molar-refractivity contribution in [3.8, 4) is 0 Å². The Morgan fingerprint density at radius 1 is 0.872 bits per heavy atom. The zero-order valence-electron chi connectivity index (χ0n) is 23.4. The van der Waals surface area contributed by atoms with Crippen LogP contribution in [-0.2, 0) is 32.6 Å². The molecule has 0 aliphatic rings. The number of amides is 2. The molecule has 0 heterocycles. The molecule has 2 unspecified atom stereocenters. The van der Waals surface area contributed by atoms with Gasteiger partial charge in [-0.1, -0.05) is 84.8 Å². The van der Waals surface area contributed by atoms with Gasteiger partial charge in [-0.05, 0) is 50.5 Å². The molecule has 0 aromatic heterocycles. The predicted octanol–water partition coefficient (Wildman–Crippen LogP) is 4.62. The summed E-state index contributed by atoms with van der Waals surface area (Å²) in [6.07, 6.45) is 2.12. The Kier molecular flexibility index (Phi) is 10.3. The number of anilines is 1. The maximum absolute atomic E-state index is 14.1. The minimum atomic E-state index is -3.78. The summed E-state index contributed by atoms with van der Waals surface area (Å²) >= 11 is 0. The van der Waals surface area contributed by atoms with Crippen LogP contribution in [0.3, 0.4) is 0 Å². The fraction of sp³-hybridized carbons (Fsp3) is 0.355. The highest BCUT2D eigenvalue weighted by Gasteiger charge is 2.33. The van der Waals surface area contributed by atoms with Crippen molar-refractivity contribution in [2.24, 2.45) is 0 Å². The Labute approximate surface area is 232 Å². The summed E-state index contributed by atoms with van der Waals surface area (Å²) in [6.45, 7) is 7.53. The van der Waals surface area contributed by atoms with E-state index in [1.54, 1.807) is 24.3 Å². The molecule has 0 saturated carbocycles. The lowest BCUT2D eigenvalue weighted by molar-refractivity contribution is -0.140. The molecule has 0 bridgehead atoms. The van der Waals surface area contributed by atoms with Gasteiger partial charge in [0.1, 0.15) is 12.6 Å². The molecule has 3 aromatic carbocycles. The third-order valence-electron chi connectivity index (χ3n) is 6.71. The molecule has 2 atom stereocenters. The summed E-state index contributed by atoms with van der Waals surface area (Å²) in [6, 6.07) is 23.4. The van der Waals surface area contributed by atoms with E-state index in [9.17, 15) is 18.0 Å². The first-order valence-corrected chi connectivity index (χ1v) is 15.1. The smallest absolute Gasteiger partial charge is 0.244 e. The molecule has 3 aromatic rings. The number of carbonyl (C=O) groups excluding carboxylic acids is 2. The second-order valence-corrected chi connectivity index (χ2v) is 12.0. The third-order valence-corrected chi connectivity index (χ3v) is 7.85. The Morgan fingerprint density at radius 3 is 2.10 bits per heavy atom. The van der Waals surface area contributed by atoms with Crippen molar-refractivity contribution in [2.75, 3.05) is 17.1 Å². The molecular weight excluding hydrogens is 510 g/mol. The number of aryl methyl sites for hydroxylation is 2. The molecule has 2 amide bonds. The summed E-state index contributed by atoms with van der Waals surface area (Å²) in [4.78, 5) is 29.3. The van der Waals surface area contributed by atoms with Crippen LogP contribution in [0.4, 0.5) is 5.69 Å². The molecule has 7 nitrogen and oxygen atoms in total. The topological polar surface area (TPSA) is 86.8 Å². The first kappa shape index (κ1) is 29.9. The van der Waals surface area contributed by atoms with E-state index < -0.39 is 28.5 Å². The van der Waals surface area contributed by atoms with Crippen LogP contribution in [0.5, 0.6) is 0 Å². The monoisotopic (exact) mass is 549 g/mol. The van der Waals surface area contributed by atoms with E-state index in [1.807, 2.05) is 82.3 Å². The van der Waals surface area contributed by atoms with Crippen LogP contribution >= 0.6 is 0 Å². The molecule has 0 fully saturated rings. The lowest BCUT2D eigenvalue weighted by Crippen LogP contribution is -2.54. The van der Waals surface area contributed by atoms with Gasteiger partial charge < -0.3 is 10.2 Å². The average Bonchev–Trinajstić information content (AvgIpc) is 2.89. The Hall–Kier alpha value is -3.65. The van der Waals surface area contributed by atoms with Crippen molar-refractivity contribution in [3.05, 3.63) is 101 Å². The van der Waals surface area contributed by atoms with Gasteiger partial charge >= 0.3 is 0 Å². The van der Waals surface area contributed by atoms with Crippen molar-refractivity contribution in [2.45, 2.75) is 59.2 Å². The lowest BCUT2D eigenvalue weighted by atomic mass is 10.0. The summed E-state index contributed by atoms with van der Waals surface area (Å²) in [7, 11) is -3.78. The van der Waals surface area contributed by atoms with Crippen LogP contribution < -0.4 is 9.62 Å². The fourth-order valence-electron chi connectivity index (χ4n) is 4.33. The zero-order chi connectivity index (χ0) is 28.6. The molecular formula is C31H39N3O4S. The summed E-state index contributed by atoms with van der Waals surface area (Å²) in [5.74, 6) is -0.724. The van der Waals surface area contributed by atoms with E-state index in [4.69, 9.17) is 0 Å². The van der Waals surface area contributed by atoms with Gasteiger partial charge in [0, 0.05) is 19.0 Å². The largest absolute Gasteiger partial charge is 0.352 e. The van der Waals surface area contributed by atoms with Crippen LogP contribution in [0.1, 0.15) is 42.5 Å². The fourth-order valence-corrected chi connectivity index (χ4v) is 5.18. The second kappa shape index (κ2) is 13.4. The maximum atomic E-state index is 14.1. The zero-order valence-corrected chi connectivity index (χ0v) is 24.2. The number of rotatable bonds is 12. The van der Waals surface area contributed by atoms with Crippen LogP contribution in [0.25, 0.3) is 0 Å². The van der Waals surface area contributed by atoms with Gasteiger partial charge in [-0.15, -0.1) is 0 Å². The Balaban J connectivity index is 2.05. The van der Waals surface area contributed by atoms with Gasteiger partial charge in [0.25, 0.3) is 0 Å². The number of hydrogen-bond donors (Lipinski definition) is 1. The van der Waals surface area contributed by atoms with Crippen LogP contribution in [0.2, 0.25) is 0 Å². The van der Waals surface area contributed by atoms with Crippen molar-refractivity contribution in [1.82, 2.24) is 10.2 Å². The van der Waals surface area contributed by atoms with Crippen LogP contribution in [0.15, 0.2) is 78.9 Å². The van der Waals surface area contributed by atoms with Crippen molar-refractivity contribution >= 4 is 27.5 Å². The molecule has 3 rings (SSSR count). The number of sulfonamides is 1. The molecule has 8 heteroatoms. The van der Waals surface area contributed by atoms with Crippen LogP contribution in [0, 0.1) is 13.8 Å². The van der Waals surface area contributed by atoms with E-state index >= 15 is 0 Å². The second-order valence-electron chi connectivity index (χ2n) is 10.1. The van der Waals surface area contributed by atoms with E-state index in [1.165, 1.54) is 4.90 Å². The molecule has 0 aliphatic heterocycles. The highest BCUT2D eigenvalue weighted by Crippen LogP contribution is 2.21. The lowest BCUT2D eigenvalue weighted by Gasteiger charge is -2.34. The quantitative estimate of drug-likeness (QED) is 0.357. The van der Waals surface area contributed by atoms with Crippen molar-refractivity contribution < 1.29 is 18.0 Å². The number of benzene rings is 3. The molecule has 39 heavy (non-hydrogen) atoms. The Morgan fingerprint density at radius 2 is 1.51 bits per heavy atom. The van der Waals surface area contributed by atoms with Crippen LogP contribution in [-0.4, -0.2) is 50.0 Å². The van der Waals surface area contributed by atoms with Gasteiger partial charge in [-0.3, -0.25) is 13.9 Å². The minimum absolute atomic E-state index is 0.0771. The predicted molar refractivity (Wildman–Crippen MR) is 157 cm³/mol. The molecule has 0 spiro atoms. The first-order valence-electron chi connectivity index (χ1n) is 13.2. The molecule has 1 N–H and O–H groups in total. The van der Waals surface area contributed by atoms with E-state index in [0.29, 0.717) is 12.1 Å². The number of nitrogens with zero attached hydrogens (tertiary/aromatic N) is 2. The summed E-state index contributed by atoms with van der Waals surface area (Å²) in [5, 5.41) is 3.04. The van der Waals surface area contributed by atoms with Gasteiger partial charge in [0.15, 0.2) is 0 Å². The molecule has 0 radical (unpaired) electrons. The number of carbonyl (C=O) groups is 2. The normalized spacial score (nSPS) is 12.8.